The van der Waals surface area contributed by atoms with Gasteiger partial charge in [0, 0.05) is 41.3 Å². The van der Waals surface area contributed by atoms with Crippen LogP contribution in [0.2, 0.25) is 5.02 Å². The molecule has 27 heavy (non-hydrogen) atoms. The van der Waals surface area contributed by atoms with Gasteiger partial charge in [-0.05, 0) is 30.2 Å². The van der Waals surface area contributed by atoms with Gasteiger partial charge in [-0.3, -0.25) is 9.69 Å². The second-order valence-electron chi connectivity index (χ2n) is 6.91. The van der Waals surface area contributed by atoms with E-state index in [-0.39, 0.29) is 11.6 Å². The zero-order valence-electron chi connectivity index (χ0n) is 15.6. The van der Waals surface area contributed by atoms with E-state index in [4.69, 9.17) is 11.6 Å². The van der Waals surface area contributed by atoms with E-state index < -0.39 is 0 Å². The number of benzene rings is 2. The Bertz CT molecular complexity index is 1040. The standard InChI is InChI=1S/C21H22ClN3O2/c1-14(2)12-25-13-19(17-9-4-5-10-18(17)20(25)26)23-21(27)24(3)16-8-6-7-15(22)11-16/h4-11,13-14H,12H2,1-3H3,(H,23,27). The molecule has 0 saturated carbocycles. The lowest BCUT2D eigenvalue weighted by atomic mass is 10.1. The second-order valence-corrected chi connectivity index (χ2v) is 7.35. The molecule has 2 amide bonds. The molecule has 0 aliphatic heterocycles. The summed E-state index contributed by atoms with van der Waals surface area (Å²) in [5.74, 6) is 0.307. The van der Waals surface area contributed by atoms with Crippen molar-refractivity contribution in [2.24, 2.45) is 5.92 Å². The number of rotatable bonds is 4. The lowest BCUT2D eigenvalue weighted by molar-refractivity contribution is 0.258. The number of hydrogen-bond acceptors (Lipinski definition) is 2. The molecule has 1 heterocycles. The first kappa shape index (κ1) is 19.0. The third-order valence-corrected chi connectivity index (χ3v) is 4.53. The zero-order chi connectivity index (χ0) is 19.6. The number of amides is 2. The fourth-order valence-corrected chi connectivity index (χ4v) is 3.16. The Morgan fingerprint density at radius 3 is 2.52 bits per heavy atom. The molecule has 1 N–H and O–H groups in total. The first-order valence-corrected chi connectivity index (χ1v) is 9.17. The van der Waals surface area contributed by atoms with Crippen molar-refractivity contribution in [3.63, 3.8) is 0 Å². The molecule has 0 atom stereocenters. The van der Waals surface area contributed by atoms with Gasteiger partial charge < -0.3 is 9.88 Å². The van der Waals surface area contributed by atoms with Gasteiger partial charge in [0.25, 0.3) is 5.56 Å². The van der Waals surface area contributed by atoms with Crippen LogP contribution in [-0.2, 0) is 6.54 Å². The Morgan fingerprint density at radius 1 is 1.15 bits per heavy atom. The van der Waals surface area contributed by atoms with Gasteiger partial charge in [-0.25, -0.2) is 4.79 Å². The fourth-order valence-electron chi connectivity index (χ4n) is 2.97. The first-order valence-electron chi connectivity index (χ1n) is 8.79. The lowest BCUT2D eigenvalue weighted by Gasteiger charge is -2.20. The summed E-state index contributed by atoms with van der Waals surface area (Å²) >= 11 is 6.02. The Balaban J connectivity index is 1.99. The van der Waals surface area contributed by atoms with E-state index in [0.717, 1.165) is 5.39 Å². The van der Waals surface area contributed by atoms with Crippen LogP contribution in [0.25, 0.3) is 10.8 Å². The molecule has 3 rings (SSSR count). The summed E-state index contributed by atoms with van der Waals surface area (Å²) in [6, 6.07) is 14.1. The second kappa shape index (κ2) is 7.84. The summed E-state index contributed by atoms with van der Waals surface area (Å²) in [6.07, 6.45) is 1.72. The van der Waals surface area contributed by atoms with Crippen molar-refractivity contribution in [1.29, 1.82) is 0 Å². The highest BCUT2D eigenvalue weighted by Gasteiger charge is 2.15. The number of fused-ring (bicyclic) bond motifs is 1. The number of aromatic nitrogens is 1. The minimum absolute atomic E-state index is 0.0551. The molecule has 0 aliphatic carbocycles. The number of hydrogen-bond donors (Lipinski definition) is 1. The predicted octanol–water partition coefficient (Wildman–Crippen LogP) is 4.98. The highest BCUT2D eigenvalue weighted by molar-refractivity contribution is 6.31. The van der Waals surface area contributed by atoms with Crippen LogP contribution in [-0.4, -0.2) is 17.6 Å². The Hall–Kier alpha value is -2.79. The van der Waals surface area contributed by atoms with Gasteiger partial charge in [-0.1, -0.05) is 49.7 Å². The summed E-state index contributed by atoms with van der Waals surface area (Å²) in [7, 11) is 1.67. The summed E-state index contributed by atoms with van der Waals surface area (Å²) in [6.45, 7) is 4.68. The van der Waals surface area contributed by atoms with Gasteiger partial charge in [0.05, 0.1) is 5.69 Å². The quantitative estimate of drug-likeness (QED) is 0.690. The lowest BCUT2D eigenvalue weighted by Crippen LogP contribution is -2.32. The minimum atomic E-state index is -0.308. The number of nitrogens with zero attached hydrogens (tertiary/aromatic N) is 2. The maximum Gasteiger partial charge on any atom is 0.326 e. The molecule has 0 unspecified atom stereocenters. The molecule has 140 valence electrons. The van der Waals surface area contributed by atoms with Crippen LogP contribution >= 0.6 is 11.6 Å². The molecule has 3 aromatic rings. The summed E-state index contributed by atoms with van der Waals surface area (Å²) in [5.41, 5.74) is 1.23. The normalized spacial score (nSPS) is 11.0. The van der Waals surface area contributed by atoms with E-state index in [1.54, 1.807) is 42.1 Å². The van der Waals surface area contributed by atoms with E-state index in [1.807, 2.05) is 38.1 Å². The van der Waals surface area contributed by atoms with Crippen LogP contribution in [0.5, 0.6) is 0 Å². The molecular weight excluding hydrogens is 362 g/mol. The Morgan fingerprint density at radius 2 is 1.85 bits per heavy atom. The van der Waals surface area contributed by atoms with Crippen LogP contribution in [0.4, 0.5) is 16.2 Å². The Labute approximate surface area is 163 Å². The van der Waals surface area contributed by atoms with Crippen molar-refractivity contribution in [2.45, 2.75) is 20.4 Å². The van der Waals surface area contributed by atoms with Crippen LogP contribution in [0.3, 0.4) is 0 Å². The summed E-state index contributed by atoms with van der Waals surface area (Å²) < 4.78 is 1.65. The summed E-state index contributed by atoms with van der Waals surface area (Å²) in [5, 5.41) is 4.79. The van der Waals surface area contributed by atoms with E-state index >= 15 is 0 Å². The van der Waals surface area contributed by atoms with Crippen molar-refractivity contribution in [3.8, 4) is 0 Å². The molecule has 5 nitrogen and oxygen atoms in total. The molecule has 0 aliphatic rings. The fraction of sp³-hybridized carbons (Fsp3) is 0.238. The van der Waals surface area contributed by atoms with Crippen molar-refractivity contribution >= 4 is 39.8 Å². The zero-order valence-corrected chi connectivity index (χ0v) is 16.3. The van der Waals surface area contributed by atoms with Crippen LogP contribution in [0.1, 0.15) is 13.8 Å². The van der Waals surface area contributed by atoms with Gasteiger partial charge in [-0.15, -0.1) is 0 Å². The maximum absolute atomic E-state index is 12.8. The maximum atomic E-state index is 12.8. The van der Waals surface area contributed by atoms with Gasteiger partial charge in [-0.2, -0.15) is 0 Å². The largest absolute Gasteiger partial charge is 0.326 e. The number of halogens is 1. The van der Waals surface area contributed by atoms with Crippen molar-refractivity contribution in [1.82, 2.24) is 4.57 Å². The van der Waals surface area contributed by atoms with Crippen LogP contribution < -0.4 is 15.8 Å². The highest BCUT2D eigenvalue weighted by atomic mass is 35.5. The van der Waals surface area contributed by atoms with Crippen LogP contribution in [0.15, 0.2) is 59.5 Å². The first-order chi connectivity index (χ1) is 12.9. The smallest absolute Gasteiger partial charge is 0.313 e. The van der Waals surface area contributed by atoms with Crippen molar-refractivity contribution in [3.05, 3.63) is 70.1 Å². The monoisotopic (exact) mass is 383 g/mol. The van der Waals surface area contributed by atoms with Gasteiger partial charge in [0.2, 0.25) is 0 Å². The van der Waals surface area contributed by atoms with Gasteiger partial charge >= 0.3 is 6.03 Å². The molecule has 0 bridgehead atoms. The third-order valence-electron chi connectivity index (χ3n) is 4.30. The molecule has 6 heteroatoms. The number of anilines is 2. The molecule has 2 aromatic carbocycles. The molecular formula is C21H22ClN3O2. The average Bonchev–Trinajstić information content (AvgIpc) is 2.64. The van der Waals surface area contributed by atoms with Crippen molar-refractivity contribution < 1.29 is 4.79 Å². The topological polar surface area (TPSA) is 54.3 Å². The highest BCUT2D eigenvalue weighted by Crippen LogP contribution is 2.23. The minimum Gasteiger partial charge on any atom is -0.313 e. The molecule has 0 radical (unpaired) electrons. The SMILES string of the molecule is CC(C)Cn1cc(NC(=O)N(C)c2cccc(Cl)c2)c2ccccc2c1=O. The van der Waals surface area contributed by atoms with Gasteiger partial charge in [0.1, 0.15) is 0 Å². The number of pyridine rings is 1. The van der Waals surface area contributed by atoms with Crippen LogP contribution in [0, 0.1) is 5.92 Å². The van der Waals surface area contributed by atoms with E-state index in [2.05, 4.69) is 5.32 Å². The molecule has 0 saturated heterocycles. The predicted molar refractivity (Wildman–Crippen MR) is 112 cm³/mol. The molecule has 0 spiro atoms. The van der Waals surface area contributed by atoms with Crippen molar-refractivity contribution in [2.75, 3.05) is 17.3 Å². The number of carbonyl (C=O) groups excluding carboxylic acids is 1. The Kier molecular flexibility index (Phi) is 5.51. The van der Waals surface area contributed by atoms with E-state index in [9.17, 15) is 9.59 Å². The number of nitrogens with one attached hydrogen (secondary N) is 1. The van der Waals surface area contributed by atoms with Gasteiger partial charge in [0.15, 0.2) is 0 Å². The van der Waals surface area contributed by atoms with E-state index in [1.165, 1.54) is 4.90 Å². The number of carbonyl (C=O) groups is 1. The van der Waals surface area contributed by atoms with E-state index in [0.29, 0.717) is 34.2 Å². The summed E-state index contributed by atoms with van der Waals surface area (Å²) in [4.78, 5) is 27.0. The average molecular weight is 384 g/mol. The third kappa shape index (κ3) is 4.14. The number of urea groups is 1. The molecule has 1 aromatic heterocycles. The molecule has 0 fully saturated rings.